The molecule has 17 heavy (non-hydrogen) atoms. The molecule has 2 N–H and O–H groups in total. The molecular weight excluding hydrogens is 224 g/mol. The Morgan fingerprint density at radius 3 is 2.29 bits per heavy atom. The number of rotatable bonds is 3. The van der Waals surface area contributed by atoms with Gasteiger partial charge in [-0.25, -0.2) is 14.7 Å². The molecule has 0 aliphatic heterocycles. The molecule has 0 aromatic heterocycles. The molecule has 88 valence electrons. The van der Waals surface area contributed by atoms with E-state index in [2.05, 4.69) is 0 Å². The summed E-state index contributed by atoms with van der Waals surface area (Å²) in [7, 11) is 0. The van der Waals surface area contributed by atoms with Gasteiger partial charge in [0.05, 0.1) is 0 Å². The standard InChI is InChI=1S/C13H11F2NO/c14-10-6-7-11(12(15)8-10)13(17-16)9-4-2-1-3-5-9/h1-8,13H,16H2. The molecule has 0 aliphatic rings. The summed E-state index contributed by atoms with van der Waals surface area (Å²) in [6, 6.07) is 12.3. The minimum absolute atomic E-state index is 0.208. The SMILES string of the molecule is NOC(c1ccccc1)c1ccc(F)cc1F. The monoisotopic (exact) mass is 235 g/mol. The lowest BCUT2D eigenvalue weighted by Crippen LogP contribution is -2.12. The van der Waals surface area contributed by atoms with Crippen LogP contribution in [0.2, 0.25) is 0 Å². The van der Waals surface area contributed by atoms with E-state index in [9.17, 15) is 8.78 Å². The summed E-state index contributed by atoms with van der Waals surface area (Å²) < 4.78 is 26.4. The Bertz CT molecular complexity index is 502. The fraction of sp³-hybridized carbons (Fsp3) is 0.0769. The summed E-state index contributed by atoms with van der Waals surface area (Å²) >= 11 is 0. The van der Waals surface area contributed by atoms with Crippen LogP contribution >= 0.6 is 0 Å². The molecule has 2 rings (SSSR count). The molecule has 0 amide bonds. The molecule has 0 radical (unpaired) electrons. The van der Waals surface area contributed by atoms with Crippen molar-refractivity contribution in [3.05, 3.63) is 71.3 Å². The second-order valence-electron chi connectivity index (χ2n) is 3.59. The lowest BCUT2D eigenvalue weighted by Gasteiger charge is -2.15. The van der Waals surface area contributed by atoms with Crippen LogP contribution in [0.15, 0.2) is 48.5 Å². The Kier molecular flexibility index (Phi) is 3.46. The third kappa shape index (κ3) is 2.49. The molecule has 0 aliphatic carbocycles. The van der Waals surface area contributed by atoms with Crippen LogP contribution in [0, 0.1) is 11.6 Å². The second-order valence-corrected chi connectivity index (χ2v) is 3.59. The molecule has 2 aromatic rings. The largest absolute Gasteiger partial charge is 0.292 e. The zero-order chi connectivity index (χ0) is 12.3. The van der Waals surface area contributed by atoms with Crippen LogP contribution in [-0.2, 0) is 4.84 Å². The second kappa shape index (κ2) is 5.03. The van der Waals surface area contributed by atoms with Crippen LogP contribution < -0.4 is 5.90 Å². The van der Waals surface area contributed by atoms with E-state index in [1.165, 1.54) is 12.1 Å². The first-order chi connectivity index (χ1) is 8.22. The van der Waals surface area contributed by atoms with Gasteiger partial charge in [-0.15, -0.1) is 0 Å². The Hall–Kier alpha value is -1.78. The van der Waals surface area contributed by atoms with E-state index < -0.39 is 17.7 Å². The van der Waals surface area contributed by atoms with Crippen molar-refractivity contribution in [2.45, 2.75) is 6.10 Å². The van der Waals surface area contributed by atoms with Gasteiger partial charge < -0.3 is 0 Å². The van der Waals surface area contributed by atoms with Gasteiger partial charge in [-0.2, -0.15) is 0 Å². The Morgan fingerprint density at radius 1 is 1.00 bits per heavy atom. The van der Waals surface area contributed by atoms with Crippen LogP contribution in [0.1, 0.15) is 17.2 Å². The van der Waals surface area contributed by atoms with Crippen LogP contribution in [0.3, 0.4) is 0 Å². The van der Waals surface area contributed by atoms with Gasteiger partial charge in [0, 0.05) is 11.6 Å². The minimum Gasteiger partial charge on any atom is -0.292 e. The first-order valence-electron chi connectivity index (χ1n) is 5.08. The molecule has 0 saturated carbocycles. The highest BCUT2D eigenvalue weighted by Gasteiger charge is 2.18. The summed E-state index contributed by atoms with van der Waals surface area (Å²) in [6.07, 6.45) is -0.739. The van der Waals surface area contributed by atoms with Crippen molar-refractivity contribution in [3.8, 4) is 0 Å². The highest BCUT2D eigenvalue weighted by molar-refractivity contribution is 5.31. The number of benzene rings is 2. The van der Waals surface area contributed by atoms with E-state index in [0.717, 1.165) is 6.07 Å². The topological polar surface area (TPSA) is 35.2 Å². The van der Waals surface area contributed by atoms with Gasteiger partial charge in [-0.3, -0.25) is 4.84 Å². The van der Waals surface area contributed by atoms with Gasteiger partial charge in [-0.1, -0.05) is 36.4 Å². The molecule has 1 unspecified atom stereocenters. The molecule has 0 bridgehead atoms. The molecular formula is C13H11F2NO. The van der Waals surface area contributed by atoms with Crippen molar-refractivity contribution < 1.29 is 13.6 Å². The van der Waals surface area contributed by atoms with Crippen molar-refractivity contribution >= 4 is 0 Å². The fourth-order valence-corrected chi connectivity index (χ4v) is 1.67. The third-order valence-electron chi connectivity index (χ3n) is 2.48. The van der Waals surface area contributed by atoms with Gasteiger partial charge in [-0.05, 0) is 11.6 Å². The zero-order valence-corrected chi connectivity index (χ0v) is 8.94. The summed E-state index contributed by atoms with van der Waals surface area (Å²) in [5, 5.41) is 0. The van der Waals surface area contributed by atoms with Crippen molar-refractivity contribution in [1.29, 1.82) is 0 Å². The fourth-order valence-electron chi connectivity index (χ4n) is 1.67. The summed E-state index contributed by atoms with van der Waals surface area (Å²) in [5.74, 6) is 3.88. The van der Waals surface area contributed by atoms with Crippen molar-refractivity contribution in [3.63, 3.8) is 0 Å². The van der Waals surface area contributed by atoms with Crippen molar-refractivity contribution in [2.75, 3.05) is 0 Å². The molecule has 2 aromatic carbocycles. The van der Waals surface area contributed by atoms with Crippen LogP contribution in [0.4, 0.5) is 8.78 Å². The Balaban J connectivity index is 2.42. The quantitative estimate of drug-likeness (QED) is 0.830. The van der Waals surface area contributed by atoms with Crippen molar-refractivity contribution in [1.82, 2.24) is 0 Å². The smallest absolute Gasteiger partial charge is 0.132 e. The minimum atomic E-state index is -0.739. The van der Waals surface area contributed by atoms with Gasteiger partial charge in [0.15, 0.2) is 0 Å². The van der Waals surface area contributed by atoms with Crippen LogP contribution in [-0.4, -0.2) is 0 Å². The average molecular weight is 235 g/mol. The summed E-state index contributed by atoms with van der Waals surface area (Å²) in [5.41, 5.74) is 0.917. The maximum absolute atomic E-state index is 13.6. The zero-order valence-electron chi connectivity index (χ0n) is 8.94. The van der Waals surface area contributed by atoms with E-state index in [4.69, 9.17) is 10.7 Å². The van der Waals surface area contributed by atoms with Crippen LogP contribution in [0.25, 0.3) is 0 Å². The van der Waals surface area contributed by atoms with E-state index >= 15 is 0 Å². The molecule has 2 nitrogen and oxygen atoms in total. The predicted molar refractivity (Wildman–Crippen MR) is 59.9 cm³/mol. The number of hydrogen-bond acceptors (Lipinski definition) is 2. The number of hydrogen-bond donors (Lipinski definition) is 1. The van der Waals surface area contributed by atoms with E-state index in [0.29, 0.717) is 5.56 Å². The summed E-state index contributed by atoms with van der Waals surface area (Å²) in [4.78, 5) is 4.78. The average Bonchev–Trinajstić information content (AvgIpc) is 2.34. The van der Waals surface area contributed by atoms with Crippen molar-refractivity contribution in [2.24, 2.45) is 5.90 Å². The molecule has 0 saturated heterocycles. The normalized spacial score (nSPS) is 12.4. The lowest BCUT2D eigenvalue weighted by molar-refractivity contribution is 0.0787. The van der Waals surface area contributed by atoms with E-state index in [1.807, 2.05) is 6.07 Å². The van der Waals surface area contributed by atoms with Gasteiger partial charge in [0.2, 0.25) is 0 Å². The van der Waals surface area contributed by atoms with E-state index in [-0.39, 0.29) is 5.56 Å². The van der Waals surface area contributed by atoms with Gasteiger partial charge >= 0.3 is 0 Å². The first kappa shape index (κ1) is 11.7. The van der Waals surface area contributed by atoms with Gasteiger partial charge in [0.1, 0.15) is 17.7 Å². The molecule has 0 fully saturated rings. The Labute approximate surface area is 97.6 Å². The maximum Gasteiger partial charge on any atom is 0.132 e. The molecule has 0 heterocycles. The van der Waals surface area contributed by atoms with E-state index in [1.54, 1.807) is 24.3 Å². The van der Waals surface area contributed by atoms with Gasteiger partial charge in [0.25, 0.3) is 0 Å². The number of halogens is 2. The lowest BCUT2D eigenvalue weighted by atomic mass is 10.0. The Morgan fingerprint density at radius 2 is 1.71 bits per heavy atom. The highest BCUT2D eigenvalue weighted by Crippen LogP contribution is 2.26. The first-order valence-corrected chi connectivity index (χ1v) is 5.08. The molecule has 4 heteroatoms. The van der Waals surface area contributed by atoms with Crippen LogP contribution in [0.5, 0.6) is 0 Å². The molecule has 0 spiro atoms. The highest BCUT2D eigenvalue weighted by atomic mass is 19.1. The molecule has 1 atom stereocenters. The predicted octanol–water partition coefficient (Wildman–Crippen LogP) is 2.94. The summed E-state index contributed by atoms with van der Waals surface area (Å²) in [6.45, 7) is 0. The maximum atomic E-state index is 13.6. The number of nitrogens with two attached hydrogens (primary N) is 1. The third-order valence-corrected chi connectivity index (χ3v) is 2.48.